The summed E-state index contributed by atoms with van der Waals surface area (Å²) < 4.78 is 9.32. The largest absolute Gasteiger partial charge is 0.465 e. The Morgan fingerprint density at radius 1 is 1.43 bits per heavy atom. The van der Waals surface area contributed by atoms with Gasteiger partial charge < -0.3 is 25.4 Å². The predicted octanol–water partition coefficient (Wildman–Crippen LogP) is 0.385. The Balaban J connectivity index is 2.16. The van der Waals surface area contributed by atoms with Crippen LogP contribution in [0.2, 0.25) is 0 Å². The third-order valence-electron chi connectivity index (χ3n) is 3.29. The van der Waals surface area contributed by atoms with Gasteiger partial charge >= 0.3 is 12.1 Å². The molecule has 0 aromatic carbocycles. The molecule has 1 aliphatic heterocycles. The average molecular weight is 294 g/mol. The van der Waals surface area contributed by atoms with E-state index in [4.69, 9.17) is 10.5 Å². The van der Waals surface area contributed by atoms with E-state index in [2.05, 4.69) is 15.0 Å². The number of rotatable bonds is 3. The SMILES string of the molecule is COC(=O)NC1CCN(c2ncc(N)cc2C(=O)OC)C1. The predicted molar refractivity (Wildman–Crippen MR) is 76.1 cm³/mol. The molecule has 114 valence electrons. The second-order valence-corrected chi connectivity index (χ2v) is 4.70. The van der Waals surface area contributed by atoms with E-state index in [1.807, 2.05) is 4.90 Å². The monoisotopic (exact) mass is 294 g/mol. The Morgan fingerprint density at radius 3 is 2.86 bits per heavy atom. The fourth-order valence-electron chi connectivity index (χ4n) is 2.28. The van der Waals surface area contributed by atoms with E-state index in [1.165, 1.54) is 26.5 Å². The van der Waals surface area contributed by atoms with Gasteiger partial charge in [-0.2, -0.15) is 0 Å². The molecule has 1 atom stereocenters. The highest BCUT2D eigenvalue weighted by atomic mass is 16.5. The number of nitrogens with zero attached hydrogens (tertiary/aromatic N) is 2. The lowest BCUT2D eigenvalue weighted by molar-refractivity contribution is 0.0601. The van der Waals surface area contributed by atoms with Crippen molar-refractivity contribution in [3.05, 3.63) is 17.8 Å². The fourth-order valence-corrected chi connectivity index (χ4v) is 2.28. The summed E-state index contributed by atoms with van der Waals surface area (Å²) in [6.45, 7) is 1.20. The van der Waals surface area contributed by atoms with Crippen molar-refractivity contribution < 1.29 is 19.1 Å². The number of aromatic nitrogens is 1. The van der Waals surface area contributed by atoms with Crippen LogP contribution in [0.1, 0.15) is 16.8 Å². The van der Waals surface area contributed by atoms with E-state index in [0.717, 1.165) is 6.42 Å². The van der Waals surface area contributed by atoms with Gasteiger partial charge in [0.25, 0.3) is 0 Å². The van der Waals surface area contributed by atoms with Crippen molar-refractivity contribution in [3.63, 3.8) is 0 Å². The number of amides is 1. The number of nitrogen functional groups attached to an aromatic ring is 1. The molecule has 1 amide bonds. The lowest BCUT2D eigenvalue weighted by Crippen LogP contribution is -2.37. The van der Waals surface area contributed by atoms with E-state index < -0.39 is 12.1 Å². The van der Waals surface area contributed by atoms with Gasteiger partial charge in [-0.25, -0.2) is 14.6 Å². The van der Waals surface area contributed by atoms with Crippen LogP contribution in [0, 0.1) is 0 Å². The van der Waals surface area contributed by atoms with Crippen LogP contribution in [-0.2, 0) is 9.47 Å². The van der Waals surface area contributed by atoms with Gasteiger partial charge in [-0.15, -0.1) is 0 Å². The number of nitrogens with two attached hydrogens (primary N) is 1. The number of methoxy groups -OCH3 is 2. The first-order valence-corrected chi connectivity index (χ1v) is 6.48. The molecular weight excluding hydrogens is 276 g/mol. The number of alkyl carbamates (subject to hydrolysis) is 1. The smallest absolute Gasteiger partial charge is 0.407 e. The highest BCUT2D eigenvalue weighted by molar-refractivity contribution is 5.95. The average Bonchev–Trinajstić information content (AvgIpc) is 2.94. The zero-order valence-corrected chi connectivity index (χ0v) is 12.0. The van der Waals surface area contributed by atoms with E-state index in [-0.39, 0.29) is 6.04 Å². The number of ether oxygens (including phenoxy) is 2. The number of nitrogens with one attached hydrogen (secondary N) is 1. The lowest BCUT2D eigenvalue weighted by atomic mass is 10.2. The molecule has 1 saturated heterocycles. The van der Waals surface area contributed by atoms with Crippen molar-refractivity contribution in [2.24, 2.45) is 0 Å². The third kappa shape index (κ3) is 3.33. The van der Waals surface area contributed by atoms with Gasteiger partial charge in [0.15, 0.2) is 0 Å². The molecule has 0 spiro atoms. The minimum absolute atomic E-state index is 0.0534. The summed E-state index contributed by atoms with van der Waals surface area (Å²) in [5.74, 6) is 0.0133. The zero-order chi connectivity index (χ0) is 15.4. The van der Waals surface area contributed by atoms with Gasteiger partial charge in [-0.1, -0.05) is 0 Å². The molecule has 2 rings (SSSR count). The second kappa shape index (κ2) is 6.29. The lowest BCUT2D eigenvalue weighted by Gasteiger charge is -2.20. The normalized spacial score (nSPS) is 17.4. The molecule has 0 saturated carbocycles. The first kappa shape index (κ1) is 14.9. The molecule has 0 aliphatic carbocycles. The highest BCUT2D eigenvalue weighted by Gasteiger charge is 2.28. The summed E-state index contributed by atoms with van der Waals surface area (Å²) in [6, 6.07) is 1.48. The minimum atomic E-state index is -0.492. The second-order valence-electron chi connectivity index (χ2n) is 4.70. The number of esters is 1. The Morgan fingerprint density at radius 2 is 2.19 bits per heavy atom. The number of carbonyl (C=O) groups excluding carboxylic acids is 2. The van der Waals surface area contributed by atoms with Crippen molar-refractivity contribution in [2.45, 2.75) is 12.5 Å². The maximum Gasteiger partial charge on any atom is 0.407 e. The third-order valence-corrected chi connectivity index (χ3v) is 3.29. The van der Waals surface area contributed by atoms with Gasteiger partial charge in [-0.3, -0.25) is 0 Å². The molecule has 3 N–H and O–H groups in total. The number of carbonyl (C=O) groups is 2. The van der Waals surface area contributed by atoms with Crippen LogP contribution in [0.5, 0.6) is 0 Å². The summed E-state index contributed by atoms with van der Waals surface area (Å²) in [4.78, 5) is 29.2. The first-order valence-electron chi connectivity index (χ1n) is 6.48. The van der Waals surface area contributed by atoms with E-state index in [0.29, 0.717) is 30.2 Å². The highest BCUT2D eigenvalue weighted by Crippen LogP contribution is 2.24. The fraction of sp³-hybridized carbons (Fsp3) is 0.462. The van der Waals surface area contributed by atoms with Crippen molar-refractivity contribution in [1.29, 1.82) is 0 Å². The molecule has 0 bridgehead atoms. The number of anilines is 2. The van der Waals surface area contributed by atoms with Crippen LogP contribution < -0.4 is 16.0 Å². The van der Waals surface area contributed by atoms with Gasteiger partial charge in [0.05, 0.1) is 32.1 Å². The maximum absolute atomic E-state index is 11.8. The van der Waals surface area contributed by atoms with Crippen LogP contribution in [0.4, 0.5) is 16.3 Å². The van der Waals surface area contributed by atoms with Crippen molar-refractivity contribution in [3.8, 4) is 0 Å². The Hall–Kier alpha value is -2.51. The number of pyridine rings is 1. The van der Waals surface area contributed by atoms with Crippen LogP contribution in [0.25, 0.3) is 0 Å². The maximum atomic E-state index is 11.8. The minimum Gasteiger partial charge on any atom is -0.465 e. The topological polar surface area (TPSA) is 107 Å². The summed E-state index contributed by atoms with van der Waals surface area (Å²) in [7, 11) is 2.62. The molecule has 1 aliphatic rings. The molecule has 8 nitrogen and oxygen atoms in total. The first-order chi connectivity index (χ1) is 10.0. The van der Waals surface area contributed by atoms with Crippen molar-refractivity contribution >= 4 is 23.6 Å². The van der Waals surface area contributed by atoms with Gasteiger partial charge in [0, 0.05) is 13.1 Å². The van der Waals surface area contributed by atoms with Crippen LogP contribution >= 0.6 is 0 Å². The zero-order valence-electron chi connectivity index (χ0n) is 12.0. The Labute approximate surface area is 122 Å². The molecule has 0 radical (unpaired) electrons. The van der Waals surface area contributed by atoms with Crippen LogP contribution in [0.3, 0.4) is 0 Å². The van der Waals surface area contributed by atoms with Crippen molar-refractivity contribution in [1.82, 2.24) is 10.3 Å². The van der Waals surface area contributed by atoms with E-state index in [9.17, 15) is 9.59 Å². The van der Waals surface area contributed by atoms with Gasteiger partial charge in [-0.05, 0) is 12.5 Å². The molecule has 1 aromatic heterocycles. The van der Waals surface area contributed by atoms with Crippen LogP contribution in [-0.4, -0.2) is 50.4 Å². The van der Waals surface area contributed by atoms with Crippen molar-refractivity contribution in [2.75, 3.05) is 37.9 Å². The molecule has 1 unspecified atom stereocenters. The molecule has 2 heterocycles. The number of hydrogen-bond acceptors (Lipinski definition) is 7. The molecule has 21 heavy (non-hydrogen) atoms. The molecular formula is C13H18N4O4. The number of hydrogen-bond donors (Lipinski definition) is 2. The van der Waals surface area contributed by atoms with E-state index in [1.54, 1.807) is 0 Å². The molecule has 1 aromatic rings. The summed E-state index contributed by atoms with van der Waals surface area (Å²) >= 11 is 0. The molecule has 8 heteroatoms. The summed E-state index contributed by atoms with van der Waals surface area (Å²) in [5.41, 5.74) is 6.37. The quantitative estimate of drug-likeness (QED) is 0.776. The van der Waals surface area contributed by atoms with E-state index >= 15 is 0 Å². The van der Waals surface area contributed by atoms with Gasteiger partial charge in [0.1, 0.15) is 11.4 Å². The Kier molecular flexibility index (Phi) is 4.46. The van der Waals surface area contributed by atoms with Crippen LogP contribution in [0.15, 0.2) is 12.3 Å². The summed E-state index contributed by atoms with van der Waals surface area (Å²) in [5, 5.41) is 2.73. The summed E-state index contributed by atoms with van der Waals surface area (Å²) in [6.07, 6.45) is 1.75. The van der Waals surface area contributed by atoms with Gasteiger partial charge in [0.2, 0.25) is 0 Å². The standard InChI is InChI=1S/C13H18N4O4/c1-20-12(18)10-5-8(14)6-15-11(10)17-4-3-9(7-17)16-13(19)21-2/h5-6,9H,3-4,7,14H2,1-2H3,(H,16,19). The molecule has 1 fully saturated rings. The Bertz CT molecular complexity index is 549.